The number of hydrogen-bond donors (Lipinski definition) is 1. The van der Waals surface area contributed by atoms with Crippen molar-refractivity contribution in [2.24, 2.45) is 0 Å². The number of hydrogen-bond acceptors (Lipinski definition) is 3. The molecule has 1 unspecified atom stereocenters. The molecule has 0 amide bonds. The zero-order chi connectivity index (χ0) is 13.8. The first-order valence-electron chi connectivity index (χ1n) is 5.89. The maximum Gasteiger partial charge on any atom is 0.106 e. The SMILES string of the molecule is CCn1ncc(Cl)c1C(O)CSc1ccc(Br)cc1. The lowest BCUT2D eigenvalue weighted by Crippen LogP contribution is -2.10. The van der Waals surface area contributed by atoms with Gasteiger partial charge in [0.25, 0.3) is 0 Å². The molecule has 1 aromatic carbocycles. The van der Waals surface area contributed by atoms with Gasteiger partial charge in [-0.25, -0.2) is 0 Å². The number of aromatic nitrogens is 2. The van der Waals surface area contributed by atoms with Crippen LogP contribution in [0.15, 0.2) is 39.8 Å². The van der Waals surface area contributed by atoms with E-state index >= 15 is 0 Å². The minimum Gasteiger partial charge on any atom is -0.386 e. The minimum absolute atomic E-state index is 0.519. The summed E-state index contributed by atoms with van der Waals surface area (Å²) in [6.07, 6.45) is 0.956. The molecule has 102 valence electrons. The Morgan fingerprint density at radius 1 is 1.42 bits per heavy atom. The molecule has 0 spiro atoms. The minimum atomic E-state index is -0.622. The first-order chi connectivity index (χ1) is 9.11. The summed E-state index contributed by atoms with van der Waals surface area (Å²) < 4.78 is 2.78. The molecule has 6 heteroatoms. The lowest BCUT2D eigenvalue weighted by atomic mass is 10.3. The van der Waals surface area contributed by atoms with E-state index in [9.17, 15) is 5.11 Å². The molecule has 0 aliphatic heterocycles. The van der Waals surface area contributed by atoms with Crippen molar-refractivity contribution in [2.75, 3.05) is 5.75 Å². The number of aliphatic hydroxyl groups is 1. The van der Waals surface area contributed by atoms with Crippen LogP contribution < -0.4 is 0 Å². The highest BCUT2D eigenvalue weighted by atomic mass is 79.9. The van der Waals surface area contributed by atoms with Crippen LogP contribution in [-0.2, 0) is 6.54 Å². The molecule has 0 aliphatic carbocycles. The standard InChI is InChI=1S/C13H14BrClN2OS/c1-2-17-13(11(15)7-16-17)12(18)8-19-10-5-3-9(14)4-6-10/h3-7,12,18H,2,8H2,1H3. The van der Waals surface area contributed by atoms with Crippen molar-refractivity contribution in [3.63, 3.8) is 0 Å². The van der Waals surface area contributed by atoms with Gasteiger partial charge in [-0.15, -0.1) is 11.8 Å². The Labute approximate surface area is 130 Å². The van der Waals surface area contributed by atoms with Crippen LogP contribution in [0.25, 0.3) is 0 Å². The van der Waals surface area contributed by atoms with E-state index in [2.05, 4.69) is 21.0 Å². The van der Waals surface area contributed by atoms with Gasteiger partial charge in [0.15, 0.2) is 0 Å². The van der Waals surface area contributed by atoms with Gasteiger partial charge in [-0.2, -0.15) is 5.10 Å². The summed E-state index contributed by atoms with van der Waals surface area (Å²) >= 11 is 11.1. The summed E-state index contributed by atoms with van der Waals surface area (Å²) in [5.41, 5.74) is 0.689. The second kappa shape index (κ2) is 6.79. The van der Waals surface area contributed by atoms with E-state index in [-0.39, 0.29) is 0 Å². The predicted octanol–water partition coefficient (Wildman–Crippen LogP) is 4.14. The summed E-state index contributed by atoms with van der Waals surface area (Å²) in [5, 5.41) is 14.9. The molecule has 0 radical (unpaired) electrons. The third-order valence-corrected chi connectivity index (χ3v) is 4.58. The van der Waals surface area contributed by atoms with Gasteiger partial charge in [-0.3, -0.25) is 4.68 Å². The molecule has 0 saturated heterocycles. The summed E-state index contributed by atoms with van der Waals surface area (Å²) in [6, 6.07) is 8.00. The summed E-state index contributed by atoms with van der Waals surface area (Å²) in [4.78, 5) is 1.11. The lowest BCUT2D eigenvalue weighted by Gasteiger charge is -2.12. The maximum absolute atomic E-state index is 10.2. The van der Waals surface area contributed by atoms with Crippen molar-refractivity contribution >= 4 is 39.3 Å². The molecule has 1 aromatic heterocycles. The molecular weight excluding hydrogens is 348 g/mol. The Hall–Kier alpha value is -0.490. The van der Waals surface area contributed by atoms with Gasteiger partial charge in [0.05, 0.1) is 16.9 Å². The Kier molecular flexibility index (Phi) is 5.33. The predicted molar refractivity (Wildman–Crippen MR) is 82.7 cm³/mol. The van der Waals surface area contributed by atoms with Crippen molar-refractivity contribution in [3.05, 3.63) is 45.7 Å². The Balaban J connectivity index is 2.03. The molecule has 0 bridgehead atoms. The molecule has 3 nitrogen and oxygen atoms in total. The van der Waals surface area contributed by atoms with Gasteiger partial charge in [0.1, 0.15) is 6.10 Å². The van der Waals surface area contributed by atoms with Crippen molar-refractivity contribution in [3.8, 4) is 0 Å². The van der Waals surface area contributed by atoms with Gasteiger partial charge in [0, 0.05) is 21.7 Å². The third kappa shape index (κ3) is 3.75. The monoisotopic (exact) mass is 360 g/mol. The largest absolute Gasteiger partial charge is 0.386 e. The molecule has 2 rings (SSSR count). The van der Waals surface area contributed by atoms with E-state index in [1.807, 2.05) is 31.2 Å². The number of aliphatic hydroxyl groups excluding tert-OH is 1. The highest BCUT2D eigenvalue weighted by Crippen LogP contribution is 2.29. The summed E-state index contributed by atoms with van der Waals surface area (Å²) in [5.74, 6) is 0.549. The zero-order valence-electron chi connectivity index (χ0n) is 10.4. The number of benzene rings is 1. The quantitative estimate of drug-likeness (QED) is 0.813. The number of aryl methyl sites for hydroxylation is 1. The number of rotatable bonds is 5. The van der Waals surface area contributed by atoms with Crippen molar-refractivity contribution in [1.29, 1.82) is 0 Å². The van der Waals surface area contributed by atoms with E-state index in [0.29, 0.717) is 23.0 Å². The molecule has 19 heavy (non-hydrogen) atoms. The van der Waals surface area contributed by atoms with Gasteiger partial charge in [-0.05, 0) is 31.2 Å². The fraction of sp³-hybridized carbons (Fsp3) is 0.308. The van der Waals surface area contributed by atoms with Crippen LogP contribution in [0.5, 0.6) is 0 Å². The van der Waals surface area contributed by atoms with Crippen LogP contribution in [0.1, 0.15) is 18.7 Å². The molecule has 2 aromatic rings. The lowest BCUT2D eigenvalue weighted by molar-refractivity contribution is 0.192. The molecule has 1 atom stereocenters. The normalized spacial score (nSPS) is 12.6. The van der Waals surface area contributed by atoms with Gasteiger partial charge >= 0.3 is 0 Å². The van der Waals surface area contributed by atoms with Crippen LogP contribution >= 0.6 is 39.3 Å². The van der Waals surface area contributed by atoms with Crippen LogP contribution in [-0.4, -0.2) is 20.6 Å². The summed E-state index contributed by atoms with van der Waals surface area (Å²) in [7, 11) is 0. The second-order valence-electron chi connectivity index (χ2n) is 3.97. The maximum atomic E-state index is 10.2. The Bertz CT molecular complexity index is 544. The fourth-order valence-electron chi connectivity index (χ4n) is 1.74. The number of nitrogens with zero attached hydrogens (tertiary/aromatic N) is 2. The number of thioether (sulfide) groups is 1. The smallest absolute Gasteiger partial charge is 0.106 e. The van der Waals surface area contributed by atoms with Crippen molar-refractivity contribution < 1.29 is 5.11 Å². The molecule has 1 heterocycles. The van der Waals surface area contributed by atoms with E-state index in [0.717, 1.165) is 9.37 Å². The Morgan fingerprint density at radius 3 is 2.74 bits per heavy atom. The van der Waals surface area contributed by atoms with Crippen LogP contribution in [0.2, 0.25) is 5.02 Å². The molecule has 1 N–H and O–H groups in total. The first kappa shape index (κ1) is 14.9. The van der Waals surface area contributed by atoms with Gasteiger partial charge < -0.3 is 5.11 Å². The fourth-order valence-corrected chi connectivity index (χ4v) is 3.11. The molecule has 0 saturated carbocycles. The highest BCUT2D eigenvalue weighted by Gasteiger charge is 2.17. The molecular formula is C13H14BrClN2OS. The third-order valence-electron chi connectivity index (χ3n) is 2.67. The van der Waals surface area contributed by atoms with Crippen LogP contribution in [0.4, 0.5) is 0 Å². The first-order valence-corrected chi connectivity index (χ1v) is 8.05. The van der Waals surface area contributed by atoms with E-state index < -0.39 is 6.10 Å². The van der Waals surface area contributed by atoms with E-state index in [1.165, 1.54) is 0 Å². The average molecular weight is 362 g/mol. The van der Waals surface area contributed by atoms with E-state index in [1.54, 1.807) is 22.6 Å². The molecule has 0 fully saturated rings. The van der Waals surface area contributed by atoms with Gasteiger partial charge in [0.2, 0.25) is 0 Å². The highest BCUT2D eigenvalue weighted by molar-refractivity contribution is 9.10. The topological polar surface area (TPSA) is 38.0 Å². The zero-order valence-corrected chi connectivity index (χ0v) is 13.5. The average Bonchev–Trinajstić information content (AvgIpc) is 2.79. The number of halogens is 2. The second-order valence-corrected chi connectivity index (χ2v) is 6.39. The van der Waals surface area contributed by atoms with Crippen LogP contribution in [0, 0.1) is 0 Å². The Morgan fingerprint density at radius 2 is 2.11 bits per heavy atom. The molecule has 0 aliphatic rings. The van der Waals surface area contributed by atoms with Gasteiger partial charge in [-0.1, -0.05) is 27.5 Å². The van der Waals surface area contributed by atoms with Crippen molar-refractivity contribution in [1.82, 2.24) is 9.78 Å². The van der Waals surface area contributed by atoms with Crippen LogP contribution in [0.3, 0.4) is 0 Å². The van der Waals surface area contributed by atoms with E-state index in [4.69, 9.17) is 11.6 Å². The van der Waals surface area contributed by atoms with Crippen molar-refractivity contribution in [2.45, 2.75) is 24.5 Å². The summed E-state index contributed by atoms with van der Waals surface area (Å²) in [6.45, 7) is 2.67.